The van der Waals surface area contributed by atoms with Gasteiger partial charge in [0, 0.05) is 20.2 Å². The van der Waals surface area contributed by atoms with Crippen molar-refractivity contribution in [1.29, 1.82) is 0 Å². The summed E-state index contributed by atoms with van der Waals surface area (Å²) >= 11 is 0. The van der Waals surface area contributed by atoms with Crippen LogP contribution in [0.1, 0.15) is 32.6 Å². The maximum Gasteiger partial charge on any atom is 0.328 e. The highest BCUT2D eigenvalue weighted by Gasteiger charge is 2.26. The molecule has 0 aliphatic carbocycles. The van der Waals surface area contributed by atoms with Gasteiger partial charge in [-0.25, -0.2) is 9.59 Å². The fourth-order valence-corrected chi connectivity index (χ4v) is 2.41. The SMILES string of the molecule is CCCC1CCN(C(=O)NC(COC)C(=O)O)CC1. The van der Waals surface area contributed by atoms with Gasteiger partial charge in [-0.2, -0.15) is 0 Å². The second-order valence-electron chi connectivity index (χ2n) is 5.01. The zero-order valence-electron chi connectivity index (χ0n) is 11.7. The van der Waals surface area contributed by atoms with Gasteiger partial charge in [0.25, 0.3) is 0 Å². The van der Waals surface area contributed by atoms with Crippen molar-refractivity contribution < 1.29 is 19.4 Å². The lowest BCUT2D eigenvalue weighted by Crippen LogP contribution is -2.51. The molecule has 1 heterocycles. The number of carbonyl (C=O) groups is 2. The standard InChI is InChI=1S/C13H24N2O4/c1-3-4-10-5-7-15(8-6-10)13(18)14-11(9-19-2)12(16)17/h10-11H,3-9H2,1-2H3,(H,14,18)(H,16,17). The molecule has 1 fully saturated rings. The molecule has 0 bridgehead atoms. The molecule has 1 rings (SSSR count). The second-order valence-corrected chi connectivity index (χ2v) is 5.01. The Balaban J connectivity index is 2.39. The van der Waals surface area contributed by atoms with E-state index in [2.05, 4.69) is 12.2 Å². The van der Waals surface area contributed by atoms with Crippen LogP contribution < -0.4 is 5.32 Å². The second kappa shape index (κ2) is 7.99. The summed E-state index contributed by atoms with van der Waals surface area (Å²) in [6.45, 7) is 3.56. The minimum absolute atomic E-state index is 0.0205. The lowest BCUT2D eigenvalue weighted by atomic mass is 9.93. The smallest absolute Gasteiger partial charge is 0.328 e. The first-order valence-electron chi connectivity index (χ1n) is 6.85. The topological polar surface area (TPSA) is 78.9 Å². The van der Waals surface area contributed by atoms with Gasteiger partial charge < -0.3 is 20.1 Å². The molecule has 0 spiro atoms. The highest BCUT2D eigenvalue weighted by atomic mass is 16.5. The van der Waals surface area contributed by atoms with Gasteiger partial charge in [-0.05, 0) is 18.8 Å². The van der Waals surface area contributed by atoms with Crippen molar-refractivity contribution in [2.24, 2.45) is 5.92 Å². The number of amides is 2. The quantitative estimate of drug-likeness (QED) is 0.764. The molecule has 0 aromatic rings. The van der Waals surface area contributed by atoms with Crippen LogP contribution in [0.2, 0.25) is 0 Å². The summed E-state index contributed by atoms with van der Waals surface area (Å²) in [5, 5.41) is 11.4. The predicted octanol–water partition coefficient (Wildman–Crippen LogP) is 1.31. The third-order valence-corrected chi connectivity index (χ3v) is 3.53. The fourth-order valence-electron chi connectivity index (χ4n) is 2.41. The van der Waals surface area contributed by atoms with E-state index >= 15 is 0 Å². The number of carboxylic acids is 1. The van der Waals surface area contributed by atoms with Crippen LogP contribution in [0.15, 0.2) is 0 Å². The van der Waals surface area contributed by atoms with Gasteiger partial charge in [0.05, 0.1) is 6.61 Å². The van der Waals surface area contributed by atoms with E-state index < -0.39 is 12.0 Å². The van der Waals surface area contributed by atoms with Crippen molar-refractivity contribution in [1.82, 2.24) is 10.2 Å². The van der Waals surface area contributed by atoms with E-state index in [9.17, 15) is 9.59 Å². The highest BCUT2D eigenvalue weighted by Crippen LogP contribution is 2.21. The molecule has 1 atom stereocenters. The zero-order valence-corrected chi connectivity index (χ0v) is 11.7. The van der Waals surface area contributed by atoms with Gasteiger partial charge in [0.15, 0.2) is 6.04 Å². The number of likely N-dealkylation sites (tertiary alicyclic amines) is 1. The van der Waals surface area contributed by atoms with Crippen LogP contribution in [0.25, 0.3) is 0 Å². The summed E-state index contributed by atoms with van der Waals surface area (Å²) in [6.07, 6.45) is 4.38. The molecule has 0 saturated carbocycles. The minimum atomic E-state index is -1.07. The minimum Gasteiger partial charge on any atom is -0.480 e. The number of methoxy groups -OCH3 is 1. The van der Waals surface area contributed by atoms with E-state index in [0.29, 0.717) is 19.0 Å². The number of nitrogens with one attached hydrogen (secondary N) is 1. The summed E-state index contributed by atoms with van der Waals surface area (Å²) in [7, 11) is 1.42. The number of hydrogen-bond donors (Lipinski definition) is 2. The Morgan fingerprint density at radius 2 is 2.05 bits per heavy atom. The van der Waals surface area contributed by atoms with Crippen LogP contribution in [0.5, 0.6) is 0 Å². The van der Waals surface area contributed by atoms with Crippen LogP contribution >= 0.6 is 0 Å². The molecule has 6 heteroatoms. The normalized spacial score (nSPS) is 18.1. The fraction of sp³-hybridized carbons (Fsp3) is 0.846. The summed E-state index contributed by atoms with van der Waals surface area (Å²) in [4.78, 5) is 24.6. The molecular weight excluding hydrogens is 248 g/mol. The Morgan fingerprint density at radius 3 is 2.53 bits per heavy atom. The van der Waals surface area contributed by atoms with Gasteiger partial charge in [0.2, 0.25) is 0 Å². The van der Waals surface area contributed by atoms with Crippen LogP contribution in [0.4, 0.5) is 4.79 Å². The van der Waals surface area contributed by atoms with E-state index in [-0.39, 0.29) is 12.6 Å². The van der Waals surface area contributed by atoms with Crippen molar-refractivity contribution in [2.75, 3.05) is 26.8 Å². The van der Waals surface area contributed by atoms with Crippen molar-refractivity contribution in [3.05, 3.63) is 0 Å². The zero-order chi connectivity index (χ0) is 14.3. The molecule has 2 N–H and O–H groups in total. The van der Waals surface area contributed by atoms with Crippen molar-refractivity contribution in [3.8, 4) is 0 Å². The number of aliphatic carboxylic acids is 1. The first-order valence-corrected chi connectivity index (χ1v) is 6.85. The molecule has 1 unspecified atom stereocenters. The van der Waals surface area contributed by atoms with Crippen LogP contribution in [-0.2, 0) is 9.53 Å². The number of carbonyl (C=O) groups excluding carboxylic acids is 1. The molecule has 1 aliphatic rings. The summed E-state index contributed by atoms with van der Waals surface area (Å²) < 4.78 is 4.79. The van der Waals surface area contributed by atoms with Crippen molar-refractivity contribution >= 4 is 12.0 Å². The molecule has 6 nitrogen and oxygen atoms in total. The van der Waals surface area contributed by atoms with E-state index in [1.54, 1.807) is 4.90 Å². The molecule has 110 valence electrons. The number of rotatable bonds is 6. The Bertz CT molecular complexity index is 301. The average molecular weight is 272 g/mol. The van der Waals surface area contributed by atoms with Gasteiger partial charge in [0.1, 0.15) is 0 Å². The predicted molar refractivity (Wildman–Crippen MR) is 71.0 cm³/mol. The number of carboxylic acid groups (broad SMARTS) is 1. The van der Waals surface area contributed by atoms with Gasteiger partial charge in [-0.3, -0.25) is 0 Å². The molecule has 0 aromatic heterocycles. The van der Waals surface area contributed by atoms with Gasteiger partial charge in [-0.15, -0.1) is 0 Å². The lowest BCUT2D eigenvalue weighted by Gasteiger charge is -2.32. The van der Waals surface area contributed by atoms with Crippen molar-refractivity contribution in [2.45, 2.75) is 38.6 Å². The molecule has 0 radical (unpaired) electrons. The van der Waals surface area contributed by atoms with Crippen LogP contribution in [0.3, 0.4) is 0 Å². The molecule has 0 aromatic carbocycles. The Hall–Kier alpha value is -1.30. The maximum atomic E-state index is 11.9. The highest BCUT2D eigenvalue weighted by molar-refractivity contribution is 5.82. The maximum absolute atomic E-state index is 11.9. The molecular formula is C13H24N2O4. The molecule has 1 saturated heterocycles. The van der Waals surface area contributed by atoms with E-state index in [1.807, 2.05) is 0 Å². The number of ether oxygens (including phenoxy) is 1. The van der Waals surface area contributed by atoms with E-state index in [1.165, 1.54) is 20.0 Å². The number of piperidine rings is 1. The van der Waals surface area contributed by atoms with Gasteiger partial charge in [-0.1, -0.05) is 19.8 Å². The van der Waals surface area contributed by atoms with E-state index in [4.69, 9.17) is 9.84 Å². The van der Waals surface area contributed by atoms with Crippen molar-refractivity contribution in [3.63, 3.8) is 0 Å². The monoisotopic (exact) mass is 272 g/mol. The summed E-state index contributed by atoms with van der Waals surface area (Å²) in [6, 6.07) is -1.29. The number of hydrogen-bond acceptors (Lipinski definition) is 3. The average Bonchev–Trinajstić information content (AvgIpc) is 2.39. The van der Waals surface area contributed by atoms with Crippen LogP contribution in [-0.4, -0.2) is 54.9 Å². The third-order valence-electron chi connectivity index (χ3n) is 3.53. The lowest BCUT2D eigenvalue weighted by molar-refractivity contribution is -0.140. The first-order chi connectivity index (χ1) is 9.08. The Labute approximate surface area is 114 Å². The first kappa shape index (κ1) is 15.8. The Morgan fingerprint density at radius 1 is 1.42 bits per heavy atom. The molecule has 1 aliphatic heterocycles. The summed E-state index contributed by atoms with van der Waals surface area (Å²) in [5.74, 6) is -0.376. The number of urea groups is 1. The Kier molecular flexibility index (Phi) is 6.62. The van der Waals surface area contributed by atoms with E-state index in [0.717, 1.165) is 12.8 Å². The van der Waals surface area contributed by atoms with Gasteiger partial charge >= 0.3 is 12.0 Å². The largest absolute Gasteiger partial charge is 0.480 e. The van der Waals surface area contributed by atoms with Crippen LogP contribution in [0, 0.1) is 5.92 Å². The number of nitrogens with zero attached hydrogens (tertiary/aromatic N) is 1. The third kappa shape index (κ3) is 5.06. The summed E-state index contributed by atoms with van der Waals surface area (Å²) in [5.41, 5.74) is 0. The molecule has 2 amide bonds. The molecule has 19 heavy (non-hydrogen) atoms.